The molecule has 1 heterocycles. The Balaban J connectivity index is 2.93. The molecule has 0 saturated carbocycles. The number of rotatable bonds is 1. The molecule has 1 aromatic carbocycles. The Morgan fingerprint density at radius 3 is 2.53 bits per heavy atom. The molecule has 4 nitrogen and oxygen atoms in total. The second-order valence-corrected chi connectivity index (χ2v) is 5.37. The fourth-order valence-electron chi connectivity index (χ4n) is 1.55. The molecule has 2 aromatic rings. The molecule has 0 saturated heterocycles. The summed E-state index contributed by atoms with van der Waals surface area (Å²) in [5.41, 5.74) is -1.15. The largest absolute Gasteiger partial charge is 0.334 e. The van der Waals surface area contributed by atoms with Crippen LogP contribution in [0.1, 0.15) is 5.56 Å². The van der Waals surface area contributed by atoms with E-state index < -0.39 is 17.1 Å². The molecular weight excluding hydrogens is 362 g/mol. The van der Waals surface area contributed by atoms with E-state index in [2.05, 4.69) is 20.9 Å². The van der Waals surface area contributed by atoms with Crippen LogP contribution in [0.5, 0.6) is 0 Å². The van der Waals surface area contributed by atoms with Gasteiger partial charge in [0.1, 0.15) is 11.0 Å². The number of hydrogen-bond donors (Lipinski definition) is 1. The van der Waals surface area contributed by atoms with Crippen LogP contribution in [-0.2, 0) is 0 Å². The average Bonchev–Trinajstić information content (AvgIpc) is 2.29. The number of hydrogen-bond acceptors (Lipinski definition) is 2. The minimum absolute atomic E-state index is 0.0411. The van der Waals surface area contributed by atoms with Crippen molar-refractivity contribution in [1.29, 1.82) is 0 Å². The van der Waals surface area contributed by atoms with E-state index in [-0.39, 0.29) is 25.9 Å². The first-order chi connectivity index (χ1) is 8.82. The van der Waals surface area contributed by atoms with Crippen molar-refractivity contribution in [3.05, 3.63) is 59.0 Å². The van der Waals surface area contributed by atoms with Gasteiger partial charge in [-0.1, -0.05) is 23.2 Å². The van der Waals surface area contributed by atoms with E-state index in [9.17, 15) is 14.0 Å². The third-order valence-corrected chi connectivity index (χ3v) is 3.75. The third-order valence-electron chi connectivity index (χ3n) is 2.48. The highest BCUT2D eigenvalue weighted by atomic mass is 79.9. The second-order valence-electron chi connectivity index (χ2n) is 3.73. The monoisotopic (exact) mass is 366 g/mol. The molecule has 0 aliphatic heterocycles. The molecule has 0 fully saturated rings. The Morgan fingerprint density at radius 2 is 1.95 bits per heavy atom. The van der Waals surface area contributed by atoms with E-state index in [4.69, 9.17) is 23.2 Å². The summed E-state index contributed by atoms with van der Waals surface area (Å²) in [5.74, 6) is -0.587. The van der Waals surface area contributed by atoms with E-state index >= 15 is 0 Å². The molecule has 0 aliphatic carbocycles. The third kappa shape index (κ3) is 2.48. The molecular formula is C11H6BrCl2FN2O2. The number of halogens is 4. The zero-order valence-corrected chi connectivity index (χ0v) is 12.5. The van der Waals surface area contributed by atoms with Crippen LogP contribution in [0.25, 0.3) is 5.69 Å². The summed E-state index contributed by atoms with van der Waals surface area (Å²) in [5, 5.41) is -0.109. The fraction of sp³-hybridized carbons (Fsp3) is 0.0909. The van der Waals surface area contributed by atoms with Crippen LogP contribution in [0.4, 0.5) is 4.39 Å². The van der Waals surface area contributed by atoms with Crippen molar-refractivity contribution in [2.75, 3.05) is 0 Å². The molecule has 0 atom stereocenters. The normalized spacial score (nSPS) is 10.8. The maximum atomic E-state index is 13.2. The van der Waals surface area contributed by atoms with Gasteiger partial charge in [0.25, 0.3) is 5.56 Å². The second kappa shape index (κ2) is 5.11. The number of benzene rings is 1. The fourth-order valence-corrected chi connectivity index (χ4v) is 2.72. The molecule has 0 spiro atoms. The van der Waals surface area contributed by atoms with E-state index in [0.29, 0.717) is 0 Å². The van der Waals surface area contributed by atoms with Crippen molar-refractivity contribution >= 4 is 39.1 Å². The van der Waals surface area contributed by atoms with Crippen LogP contribution in [0, 0.1) is 12.7 Å². The van der Waals surface area contributed by atoms with Gasteiger partial charge in [-0.3, -0.25) is 9.78 Å². The summed E-state index contributed by atoms with van der Waals surface area (Å²) in [7, 11) is 0. The first-order valence-corrected chi connectivity index (χ1v) is 6.54. The van der Waals surface area contributed by atoms with E-state index in [1.54, 1.807) is 0 Å². The van der Waals surface area contributed by atoms with Crippen LogP contribution in [-0.4, -0.2) is 9.55 Å². The summed E-state index contributed by atoms with van der Waals surface area (Å²) in [6.45, 7) is 1.46. The topological polar surface area (TPSA) is 54.9 Å². The first kappa shape index (κ1) is 14.3. The van der Waals surface area contributed by atoms with Gasteiger partial charge in [0.2, 0.25) is 0 Å². The summed E-state index contributed by atoms with van der Waals surface area (Å²) >= 11 is 14.7. The number of nitrogens with zero attached hydrogens (tertiary/aromatic N) is 1. The summed E-state index contributed by atoms with van der Waals surface area (Å²) in [6.07, 6.45) is 0. The lowest BCUT2D eigenvalue weighted by Crippen LogP contribution is -2.35. The van der Waals surface area contributed by atoms with Crippen LogP contribution in [0.15, 0.2) is 26.2 Å². The molecule has 0 bridgehead atoms. The minimum atomic E-state index is -0.755. The van der Waals surface area contributed by atoms with Crippen molar-refractivity contribution in [1.82, 2.24) is 9.55 Å². The molecule has 0 aliphatic rings. The highest BCUT2D eigenvalue weighted by molar-refractivity contribution is 9.10. The first-order valence-electron chi connectivity index (χ1n) is 4.99. The summed E-state index contributed by atoms with van der Waals surface area (Å²) in [4.78, 5) is 26.3. The summed E-state index contributed by atoms with van der Waals surface area (Å²) in [6, 6.07) is 2.12. The van der Waals surface area contributed by atoms with E-state index in [1.807, 2.05) is 0 Å². The molecule has 0 radical (unpaired) electrons. The molecule has 1 aromatic heterocycles. The van der Waals surface area contributed by atoms with Crippen molar-refractivity contribution in [2.24, 2.45) is 0 Å². The summed E-state index contributed by atoms with van der Waals surface area (Å²) < 4.78 is 14.1. The van der Waals surface area contributed by atoms with E-state index in [0.717, 1.165) is 16.7 Å². The average molecular weight is 368 g/mol. The Kier molecular flexibility index (Phi) is 3.85. The van der Waals surface area contributed by atoms with Gasteiger partial charge < -0.3 is 0 Å². The zero-order chi connectivity index (χ0) is 14.3. The van der Waals surface area contributed by atoms with Gasteiger partial charge in [-0.2, -0.15) is 0 Å². The lowest BCUT2D eigenvalue weighted by Gasteiger charge is -2.10. The van der Waals surface area contributed by atoms with Crippen LogP contribution < -0.4 is 11.2 Å². The van der Waals surface area contributed by atoms with Crippen LogP contribution in [0.2, 0.25) is 10.2 Å². The van der Waals surface area contributed by atoms with Gasteiger partial charge in [0, 0.05) is 4.47 Å². The van der Waals surface area contributed by atoms with Crippen molar-refractivity contribution < 1.29 is 4.39 Å². The van der Waals surface area contributed by atoms with Gasteiger partial charge >= 0.3 is 5.69 Å². The highest BCUT2D eigenvalue weighted by Gasteiger charge is 2.17. The van der Waals surface area contributed by atoms with Gasteiger partial charge in [-0.15, -0.1) is 0 Å². The molecule has 19 heavy (non-hydrogen) atoms. The quantitative estimate of drug-likeness (QED) is 0.787. The zero-order valence-electron chi connectivity index (χ0n) is 9.43. The molecule has 0 unspecified atom stereocenters. The lowest BCUT2D eigenvalue weighted by molar-refractivity contribution is 0.626. The Hall–Kier alpha value is -1.11. The van der Waals surface area contributed by atoms with Crippen molar-refractivity contribution in [3.8, 4) is 5.69 Å². The van der Waals surface area contributed by atoms with Crippen LogP contribution >= 0.6 is 39.1 Å². The molecule has 1 N–H and O–H groups in total. The van der Waals surface area contributed by atoms with E-state index in [1.165, 1.54) is 6.92 Å². The lowest BCUT2D eigenvalue weighted by atomic mass is 10.3. The smallest absolute Gasteiger partial charge is 0.297 e. The molecule has 2 rings (SSSR count). The Morgan fingerprint density at radius 1 is 1.32 bits per heavy atom. The minimum Gasteiger partial charge on any atom is -0.297 e. The standard InChI is InChI=1S/C11H6BrCl2FN2O2/c1-4-9(14)16-11(19)17(10(4)18)8-6(12)2-5(15)3-7(8)13/h2-3H,1H3,(H,16,19). The van der Waals surface area contributed by atoms with Gasteiger partial charge in [0.05, 0.1) is 16.3 Å². The highest BCUT2D eigenvalue weighted by Crippen LogP contribution is 2.28. The SMILES string of the molecule is Cc1c(Cl)[nH]c(=O)n(-c2c(Cl)cc(F)cc2Br)c1=O. The predicted molar refractivity (Wildman–Crippen MR) is 75.1 cm³/mol. The number of H-pyrrole nitrogens is 1. The van der Waals surface area contributed by atoms with Gasteiger partial charge in [-0.25, -0.2) is 13.8 Å². The van der Waals surface area contributed by atoms with Crippen LogP contribution in [0.3, 0.4) is 0 Å². The number of aromatic nitrogens is 2. The maximum Gasteiger partial charge on any atom is 0.334 e. The Bertz CT molecular complexity index is 762. The molecule has 100 valence electrons. The predicted octanol–water partition coefficient (Wildman–Crippen LogP) is 3.04. The molecule has 8 heteroatoms. The van der Waals surface area contributed by atoms with Crippen molar-refractivity contribution in [3.63, 3.8) is 0 Å². The van der Waals surface area contributed by atoms with Gasteiger partial charge in [-0.05, 0) is 35.0 Å². The van der Waals surface area contributed by atoms with Crippen molar-refractivity contribution in [2.45, 2.75) is 6.92 Å². The number of nitrogens with one attached hydrogen (secondary N) is 1. The molecule has 0 amide bonds. The maximum absolute atomic E-state index is 13.2. The Labute approximate surface area is 124 Å². The van der Waals surface area contributed by atoms with Gasteiger partial charge in [0.15, 0.2) is 0 Å². The number of aromatic amines is 1.